The second-order valence-corrected chi connectivity index (χ2v) is 10.5. The van der Waals surface area contributed by atoms with Crippen LogP contribution in [0.5, 0.6) is 11.5 Å². The molecule has 1 fully saturated rings. The van der Waals surface area contributed by atoms with Crippen molar-refractivity contribution in [2.45, 2.75) is 60.0 Å². The van der Waals surface area contributed by atoms with E-state index >= 15 is 0 Å². The fraction of sp³-hybridized carbons (Fsp3) is 0.483. The van der Waals surface area contributed by atoms with Gasteiger partial charge >= 0.3 is 5.97 Å². The summed E-state index contributed by atoms with van der Waals surface area (Å²) >= 11 is 0. The summed E-state index contributed by atoms with van der Waals surface area (Å²) in [6, 6.07) is 11.0. The van der Waals surface area contributed by atoms with E-state index in [0.29, 0.717) is 40.6 Å². The van der Waals surface area contributed by atoms with Crippen LogP contribution >= 0.6 is 0 Å². The number of amides is 2. The van der Waals surface area contributed by atoms with Gasteiger partial charge in [0.05, 0.1) is 23.0 Å². The normalized spacial score (nSPS) is 19.5. The number of ether oxygens (including phenoxy) is 2. The number of carbonyl (C=O) groups excluding carboxylic acids is 2. The van der Waals surface area contributed by atoms with Gasteiger partial charge in [-0.15, -0.1) is 0 Å². The number of carbonyl (C=O) groups is 3. The zero-order valence-electron chi connectivity index (χ0n) is 22.2. The lowest BCUT2D eigenvalue weighted by molar-refractivity contribution is -0.126. The van der Waals surface area contributed by atoms with Crippen LogP contribution in [-0.4, -0.2) is 35.6 Å². The van der Waals surface area contributed by atoms with Crippen molar-refractivity contribution in [3.05, 3.63) is 48.0 Å². The quantitative estimate of drug-likeness (QED) is 0.351. The van der Waals surface area contributed by atoms with Crippen molar-refractivity contribution in [1.29, 1.82) is 0 Å². The van der Waals surface area contributed by atoms with Crippen LogP contribution in [0.1, 0.15) is 64.2 Å². The Kier molecular flexibility index (Phi) is 9.69. The van der Waals surface area contributed by atoms with Crippen molar-refractivity contribution in [3.8, 4) is 11.5 Å². The number of carboxylic acid groups (broad SMARTS) is 1. The summed E-state index contributed by atoms with van der Waals surface area (Å²) in [7, 11) is 0. The predicted octanol–water partition coefficient (Wildman–Crippen LogP) is 6.19. The van der Waals surface area contributed by atoms with E-state index in [2.05, 4.69) is 31.4 Å². The molecule has 0 aromatic heterocycles. The van der Waals surface area contributed by atoms with Crippen LogP contribution in [0.15, 0.2) is 42.5 Å². The molecule has 0 bridgehead atoms. The second-order valence-electron chi connectivity index (χ2n) is 10.5. The Morgan fingerprint density at radius 1 is 0.946 bits per heavy atom. The fourth-order valence-corrected chi connectivity index (χ4v) is 4.55. The Morgan fingerprint density at radius 2 is 1.62 bits per heavy atom. The summed E-state index contributed by atoms with van der Waals surface area (Å²) in [6.45, 7) is 10.1. The lowest BCUT2D eigenvalue weighted by Gasteiger charge is -2.37. The van der Waals surface area contributed by atoms with Gasteiger partial charge in [-0.2, -0.15) is 0 Å². The van der Waals surface area contributed by atoms with Crippen molar-refractivity contribution in [1.82, 2.24) is 0 Å². The van der Waals surface area contributed by atoms with Gasteiger partial charge in [-0.1, -0.05) is 41.0 Å². The minimum absolute atomic E-state index is 0.0399. The molecule has 2 aromatic rings. The van der Waals surface area contributed by atoms with Gasteiger partial charge in [-0.3, -0.25) is 9.59 Å². The maximum Gasteiger partial charge on any atom is 0.335 e. The van der Waals surface area contributed by atoms with Gasteiger partial charge in [-0.05, 0) is 67.0 Å². The van der Waals surface area contributed by atoms with Crippen molar-refractivity contribution in [2.75, 3.05) is 17.2 Å². The molecule has 3 atom stereocenters. The summed E-state index contributed by atoms with van der Waals surface area (Å²) in [5.74, 6) is 0.580. The SMILES string of the molecule is CC1CCC(C(C)C)C(OCC(=O)Nc2cc(Oc3ccc(C(=O)O)cc3)ccc2NC(=O)C(C)C)C1. The Morgan fingerprint density at radius 3 is 2.24 bits per heavy atom. The number of carboxylic acids is 1. The first-order chi connectivity index (χ1) is 17.5. The fourth-order valence-electron chi connectivity index (χ4n) is 4.55. The lowest BCUT2D eigenvalue weighted by atomic mass is 9.75. The highest BCUT2D eigenvalue weighted by atomic mass is 16.5. The van der Waals surface area contributed by atoms with Gasteiger partial charge < -0.3 is 25.2 Å². The van der Waals surface area contributed by atoms with Crippen LogP contribution in [0.3, 0.4) is 0 Å². The number of aromatic carboxylic acids is 1. The first-order valence-electron chi connectivity index (χ1n) is 12.9. The first kappa shape index (κ1) is 28.2. The van der Waals surface area contributed by atoms with Gasteiger partial charge in [0, 0.05) is 12.0 Å². The van der Waals surface area contributed by atoms with Crippen molar-refractivity contribution in [2.24, 2.45) is 23.7 Å². The molecule has 0 spiro atoms. The molecule has 8 heteroatoms. The zero-order chi connectivity index (χ0) is 27.1. The van der Waals surface area contributed by atoms with E-state index in [1.54, 1.807) is 44.2 Å². The summed E-state index contributed by atoms with van der Waals surface area (Å²) in [5.41, 5.74) is 0.991. The number of anilines is 2. The molecular formula is C29H38N2O6. The molecular weight excluding hydrogens is 472 g/mol. The number of benzene rings is 2. The van der Waals surface area contributed by atoms with Crippen LogP contribution in [0.4, 0.5) is 11.4 Å². The predicted molar refractivity (Wildman–Crippen MR) is 143 cm³/mol. The maximum absolute atomic E-state index is 12.9. The van der Waals surface area contributed by atoms with Crippen LogP contribution in [-0.2, 0) is 14.3 Å². The third kappa shape index (κ3) is 8.05. The molecule has 3 unspecified atom stereocenters. The molecule has 0 saturated heterocycles. The second kappa shape index (κ2) is 12.7. The molecule has 3 N–H and O–H groups in total. The number of rotatable bonds is 10. The van der Waals surface area contributed by atoms with Crippen LogP contribution < -0.4 is 15.4 Å². The molecule has 8 nitrogen and oxygen atoms in total. The molecule has 1 aliphatic carbocycles. The highest BCUT2D eigenvalue weighted by Crippen LogP contribution is 2.35. The van der Waals surface area contributed by atoms with E-state index in [-0.39, 0.29) is 36.0 Å². The Balaban J connectivity index is 1.74. The summed E-state index contributed by atoms with van der Waals surface area (Å²) in [5, 5.41) is 14.8. The van der Waals surface area contributed by atoms with Crippen LogP contribution in [0.2, 0.25) is 0 Å². The monoisotopic (exact) mass is 510 g/mol. The van der Waals surface area contributed by atoms with E-state index < -0.39 is 5.97 Å². The third-order valence-corrected chi connectivity index (χ3v) is 6.77. The molecule has 2 aromatic carbocycles. The molecule has 3 rings (SSSR count). The van der Waals surface area contributed by atoms with E-state index in [4.69, 9.17) is 14.6 Å². The summed E-state index contributed by atoms with van der Waals surface area (Å²) in [4.78, 5) is 36.3. The molecule has 0 heterocycles. The van der Waals surface area contributed by atoms with E-state index in [0.717, 1.165) is 12.8 Å². The first-order valence-corrected chi connectivity index (χ1v) is 12.9. The van der Waals surface area contributed by atoms with Gasteiger partial charge in [-0.25, -0.2) is 4.79 Å². The largest absolute Gasteiger partial charge is 0.478 e. The van der Waals surface area contributed by atoms with Crippen molar-refractivity contribution in [3.63, 3.8) is 0 Å². The molecule has 1 saturated carbocycles. The van der Waals surface area contributed by atoms with E-state index in [1.165, 1.54) is 18.6 Å². The molecule has 1 aliphatic rings. The topological polar surface area (TPSA) is 114 Å². The van der Waals surface area contributed by atoms with E-state index in [1.807, 2.05) is 0 Å². The van der Waals surface area contributed by atoms with Crippen molar-refractivity contribution < 1.29 is 29.0 Å². The maximum atomic E-state index is 12.9. The Bertz CT molecular complexity index is 1100. The Labute approximate surface area is 218 Å². The molecule has 200 valence electrons. The average molecular weight is 511 g/mol. The van der Waals surface area contributed by atoms with Crippen LogP contribution in [0.25, 0.3) is 0 Å². The number of hydrogen-bond donors (Lipinski definition) is 3. The van der Waals surface area contributed by atoms with Crippen molar-refractivity contribution >= 4 is 29.2 Å². The molecule has 0 aliphatic heterocycles. The van der Waals surface area contributed by atoms with Gasteiger partial charge in [0.25, 0.3) is 0 Å². The minimum atomic E-state index is -1.02. The van der Waals surface area contributed by atoms with E-state index in [9.17, 15) is 14.4 Å². The van der Waals surface area contributed by atoms with Gasteiger partial charge in [0.1, 0.15) is 18.1 Å². The average Bonchev–Trinajstić information content (AvgIpc) is 2.84. The minimum Gasteiger partial charge on any atom is -0.478 e. The standard InChI is InChI=1S/C29H38N2O6/c1-17(2)23-12-6-19(5)14-26(23)36-16-27(32)30-25-15-22(11-13-24(25)31-28(33)18(3)4)37-21-9-7-20(8-10-21)29(34)35/h7-11,13,15,17-19,23,26H,6,12,14,16H2,1-5H3,(H,30,32)(H,31,33)(H,34,35). The Hall–Kier alpha value is -3.39. The highest BCUT2D eigenvalue weighted by molar-refractivity contribution is 6.00. The van der Waals surface area contributed by atoms with Gasteiger partial charge in [0.2, 0.25) is 11.8 Å². The molecule has 37 heavy (non-hydrogen) atoms. The summed E-state index contributed by atoms with van der Waals surface area (Å²) in [6.07, 6.45) is 3.26. The van der Waals surface area contributed by atoms with Gasteiger partial charge in [0.15, 0.2) is 0 Å². The highest BCUT2D eigenvalue weighted by Gasteiger charge is 2.31. The summed E-state index contributed by atoms with van der Waals surface area (Å²) < 4.78 is 12.0. The third-order valence-electron chi connectivity index (χ3n) is 6.77. The lowest BCUT2D eigenvalue weighted by Crippen LogP contribution is -2.36. The molecule has 2 amide bonds. The smallest absolute Gasteiger partial charge is 0.335 e. The number of nitrogens with one attached hydrogen (secondary N) is 2. The zero-order valence-corrected chi connectivity index (χ0v) is 22.2. The number of hydrogen-bond acceptors (Lipinski definition) is 5. The molecule has 0 radical (unpaired) electrons. The van der Waals surface area contributed by atoms with Crippen LogP contribution in [0, 0.1) is 23.7 Å².